The van der Waals surface area contributed by atoms with Crippen LogP contribution in [-0.2, 0) is 13.6 Å². The molecule has 0 unspecified atom stereocenters. The van der Waals surface area contributed by atoms with Crippen LogP contribution in [0.25, 0.3) is 21.3 Å². The van der Waals surface area contributed by atoms with E-state index in [2.05, 4.69) is 10.1 Å². The Bertz CT molecular complexity index is 1090. The maximum atomic E-state index is 12.8. The highest BCUT2D eigenvalue weighted by atomic mass is 32.1. The van der Waals surface area contributed by atoms with Gasteiger partial charge in [-0.2, -0.15) is 5.10 Å². The van der Waals surface area contributed by atoms with Crippen molar-refractivity contribution >= 4 is 32.6 Å². The molecule has 0 atom stereocenters. The Morgan fingerprint density at radius 3 is 2.74 bits per heavy atom. The fourth-order valence-electron chi connectivity index (χ4n) is 2.78. The molecule has 0 spiro atoms. The predicted molar refractivity (Wildman–Crippen MR) is 90.1 cm³/mol. The number of aromatic hydroxyl groups is 1. The summed E-state index contributed by atoms with van der Waals surface area (Å²) < 4.78 is 4.28. The third kappa shape index (κ3) is 2.12. The van der Waals surface area contributed by atoms with Crippen LogP contribution in [0.2, 0.25) is 0 Å². The zero-order valence-corrected chi connectivity index (χ0v) is 13.5. The van der Waals surface area contributed by atoms with Crippen LogP contribution < -0.4 is 5.56 Å². The van der Waals surface area contributed by atoms with Gasteiger partial charge in [0.2, 0.25) is 0 Å². The maximum absolute atomic E-state index is 12.8. The molecule has 6 nitrogen and oxygen atoms in total. The molecule has 7 heteroatoms. The zero-order valence-electron chi connectivity index (χ0n) is 12.6. The van der Waals surface area contributed by atoms with E-state index >= 15 is 0 Å². The van der Waals surface area contributed by atoms with Gasteiger partial charge >= 0.3 is 0 Å². The predicted octanol–water partition coefficient (Wildman–Crippen LogP) is 2.41. The fraction of sp³-hybridized carbons (Fsp3) is 0.188. The highest BCUT2D eigenvalue weighted by molar-refractivity contribution is 7.19. The van der Waals surface area contributed by atoms with Crippen molar-refractivity contribution in [2.45, 2.75) is 13.5 Å². The molecule has 23 heavy (non-hydrogen) atoms. The quantitative estimate of drug-likeness (QED) is 0.614. The Kier molecular flexibility index (Phi) is 2.99. The van der Waals surface area contributed by atoms with Crippen LogP contribution in [0.4, 0.5) is 0 Å². The van der Waals surface area contributed by atoms with E-state index in [1.807, 2.05) is 18.5 Å². The standard InChI is InChI=1S/C16H14N4O2S/c1-9-18-15-14(23-9)12-7-17-20(16(22)13(12)19(15)2)8-10-3-5-11(21)6-4-10/h3-7,21H,8H2,1-2H3. The molecule has 3 heterocycles. The van der Waals surface area contributed by atoms with Crippen LogP contribution >= 0.6 is 11.3 Å². The summed E-state index contributed by atoms with van der Waals surface area (Å²) >= 11 is 1.57. The average Bonchev–Trinajstić information content (AvgIpc) is 3.02. The molecule has 1 N–H and O–H groups in total. The second-order valence-corrected chi connectivity index (χ2v) is 6.68. The van der Waals surface area contributed by atoms with E-state index in [0.29, 0.717) is 12.1 Å². The van der Waals surface area contributed by atoms with Gasteiger partial charge in [0.05, 0.1) is 22.4 Å². The second-order valence-electron chi connectivity index (χ2n) is 5.48. The first-order valence-electron chi connectivity index (χ1n) is 7.14. The van der Waals surface area contributed by atoms with Gasteiger partial charge in [-0.25, -0.2) is 9.67 Å². The summed E-state index contributed by atoms with van der Waals surface area (Å²) in [5.74, 6) is 0.202. The number of fused-ring (bicyclic) bond motifs is 3. The summed E-state index contributed by atoms with van der Waals surface area (Å²) in [6, 6.07) is 6.76. The van der Waals surface area contributed by atoms with Crippen molar-refractivity contribution in [2.24, 2.45) is 7.05 Å². The number of aromatic nitrogens is 4. The van der Waals surface area contributed by atoms with Gasteiger partial charge in [-0.1, -0.05) is 12.1 Å². The van der Waals surface area contributed by atoms with Gasteiger partial charge in [0.15, 0.2) is 5.65 Å². The van der Waals surface area contributed by atoms with Crippen LogP contribution in [0.3, 0.4) is 0 Å². The van der Waals surface area contributed by atoms with Gasteiger partial charge in [0.1, 0.15) is 11.3 Å². The van der Waals surface area contributed by atoms with Crippen molar-refractivity contribution in [3.63, 3.8) is 0 Å². The minimum Gasteiger partial charge on any atom is -0.508 e. The molecule has 0 saturated carbocycles. The minimum absolute atomic E-state index is 0.138. The lowest BCUT2D eigenvalue weighted by Gasteiger charge is -2.06. The van der Waals surface area contributed by atoms with Crippen molar-refractivity contribution in [3.8, 4) is 5.75 Å². The number of thiazole rings is 1. The van der Waals surface area contributed by atoms with Gasteiger partial charge < -0.3 is 9.67 Å². The summed E-state index contributed by atoms with van der Waals surface area (Å²) in [5.41, 5.74) is 2.21. The molecule has 0 bridgehead atoms. The number of hydrogen-bond acceptors (Lipinski definition) is 5. The van der Waals surface area contributed by atoms with E-state index < -0.39 is 0 Å². The number of phenols is 1. The van der Waals surface area contributed by atoms with Crippen molar-refractivity contribution in [1.29, 1.82) is 0 Å². The smallest absolute Gasteiger partial charge is 0.291 e. The van der Waals surface area contributed by atoms with Gasteiger partial charge in [-0.05, 0) is 24.6 Å². The molecule has 0 aliphatic carbocycles. The Balaban J connectivity index is 1.89. The van der Waals surface area contributed by atoms with Crippen LogP contribution in [0.1, 0.15) is 10.6 Å². The monoisotopic (exact) mass is 326 g/mol. The van der Waals surface area contributed by atoms with Crippen LogP contribution in [-0.4, -0.2) is 24.4 Å². The Hall–Kier alpha value is -2.67. The van der Waals surface area contributed by atoms with E-state index in [-0.39, 0.29) is 11.3 Å². The van der Waals surface area contributed by atoms with E-state index in [4.69, 9.17) is 0 Å². The molecule has 0 radical (unpaired) electrons. The number of phenolic OH excluding ortho intramolecular Hbond substituents is 1. The molecule has 0 amide bonds. The van der Waals surface area contributed by atoms with Crippen LogP contribution in [0, 0.1) is 6.92 Å². The van der Waals surface area contributed by atoms with E-state index in [9.17, 15) is 9.90 Å². The van der Waals surface area contributed by atoms with Crippen LogP contribution in [0.5, 0.6) is 5.75 Å². The van der Waals surface area contributed by atoms with E-state index in [1.54, 1.807) is 41.8 Å². The van der Waals surface area contributed by atoms with E-state index in [1.165, 1.54) is 4.68 Å². The van der Waals surface area contributed by atoms with Gasteiger partial charge in [-0.3, -0.25) is 4.79 Å². The second kappa shape index (κ2) is 4.92. The molecule has 116 valence electrons. The number of aryl methyl sites for hydroxylation is 2. The molecule has 4 aromatic rings. The van der Waals surface area contributed by atoms with Crippen molar-refractivity contribution in [2.75, 3.05) is 0 Å². The minimum atomic E-state index is -0.138. The van der Waals surface area contributed by atoms with Crippen molar-refractivity contribution < 1.29 is 5.11 Å². The largest absolute Gasteiger partial charge is 0.508 e. The summed E-state index contributed by atoms with van der Waals surface area (Å²) in [6.45, 7) is 2.32. The van der Waals surface area contributed by atoms with Gasteiger partial charge in [-0.15, -0.1) is 11.3 Å². The molecule has 3 aromatic heterocycles. The number of nitrogens with zero attached hydrogens (tertiary/aromatic N) is 4. The Labute approximate surface area is 135 Å². The number of rotatable bonds is 2. The molecular weight excluding hydrogens is 312 g/mol. The molecule has 4 rings (SSSR count). The lowest BCUT2D eigenvalue weighted by Crippen LogP contribution is -2.24. The van der Waals surface area contributed by atoms with Gasteiger partial charge in [0.25, 0.3) is 5.56 Å². The van der Waals surface area contributed by atoms with E-state index in [0.717, 1.165) is 26.3 Å². The summed E-state index contributed by atoms with van der Waals surface area (Å²) in [5, 5.41) is 15.5. The lowest BCUT2D eigenvalue weighted by atomic mass is 10.2. The SMILES string of the molecule is Cc1nc2c(s1)c1cnn(Cc3ccc(O)cc3)c(=O)c1n2C. The normalized spacial score (nSPS) is 11.6. The molecular formula is C16H14N4O2S. The van der Waals surface area contributed by atoms with Crippen molar-refractivity contribution in [3.05, 3.63) is 51.4 Å². The Morgan fingerprint density at radius 2 is 2.00 bits per heavy atom. The molecule has 0 aliphatic rings. The summed E-state index contributed by atoms with van der Waals surface area (Å²) in [4.78, 5) is 17.3. The van der Waals surface area contributed by atoms with Crippen molar-refractivity contribution in [1.82, 2.24) is 19.3 Å². The maximum Gasteiger partial charge on any atom is 0.291 e. The lowest BCUT2D eigenvalue weighted by molar-refractivity contribution is 0.475. The average molecular weight is 326 g/mol. The highest BCUT2D eigenvalue weighted by Gasteiger charge is 2.17. The number of benzene rings is 1. The third-order valence-corrected chi connectivity index (χ3v) is 4.89. The number of hydrogen-bond donors (Lipinski definition) is 1. The topological polar surface area (TPSA) is 72.9 Å². The highest BCUT2D eigenvalue weighted by Crippen LogP contribution is 2.30. The third-order valence-electron chi connectivity index (χ3n) is 3.90. The molecule has 0 saturated heterocycles. The first kappa shape index (κ1) is 14.0. The fourth-order valence-corrected chi connectivity index (χ4v) is 3.74. The Morgan fingerprint density at radius 1 is 1.26 bits per heavy atom. The summed E-state index contributed by atoms with van der Waals surface area (Å²) in [6.07, 6.45) is 1.73. The zero-order chi connectivity index (χ0) is 16.1. The molecule has 1 aromatic carbocycles. The molecule has 0 aliphatic heterocycles. The van der Waals surface area contributed by atoms with Gasteiger partial charge in [0, 0.05) is 12.4 Å². The first-order chi connectivity index (χ1) is 11.0. The molecule has 0 fully saturated rings. The van der Waals surface area contributed by atoms with Crippen LogP contribution in [0.15, 0.2) is 35.3 Å². The first-order valence-corrected chi connectivity index (χ1v) is 7.96. The summed E-state index contributed by atoms with van der Waals surface area (Å²) in [7, 11) is 1.86.